The maximum Gasteiger partial charge on any atom is 0.233 e. The van der Waals surface area contributed by atoms with Crippen LogP contribution in [0.15, 0.2) is 59.9 Å². The number of thioether (sulfide) groups is 1. The molecule has 0 atom stereocenters. The van der Waals surface area contributed by atoms with Crippen molar-refractivity contribution in [2.75, 3.05) is 43.9 Å². The standard InChI is InChI=1S/C26H28N6O2S/c1-34-20-10-8-18(9-11-20)30-12-14-31(15-13-30)24(33)17-35-26-29-28-25(32(26)19-6-7-19)22-16-27-23-5-3-2-4-21(22)23/h2-5,8-11,16,19,27H,6-7,12-15,17H2,1H3. The normalized spacial score (nSPS) is 16.1. The van der Waals surface area contributed by atoms with Crippen LogP contribution >= 0.6 is 11.8 Å². The Hall–Kier alpha value is -3.46. The summed E-state index contributed by atoms with van der Waals surface area (Å²) in [5.74, 6) is 2.27. The number of amides is 1. The van der Waals surface area contributed by atoms with Crippen molar-refractivity contribution >= 4 is 34.3 Å². The first-order valence-electron chi connectivity index (χ1n) is 12.0. The summed E-state index contributed by atoms with van der Waals surface area (Å²) in [6.07, 6.45) is 4.26. The lowest BCUT2D eigenvalue weighted by molar-refractivity contribution is -0.128. The largest absolute Gasteiger partial charge is 0.497 e. The fraction of sp³-hybridized carbons (Fsp3) is 0.346. The molecule has 1 amide bonds. The van der Waals surface area contributed by atoms with Crippen LogP contribution < -0.4 is 9.64 Å². The van der Waals surface area contributed by atoms with Gasteiger partial charge in [-0.1, -0.05) is 30.0 Å². The highest BCUT2D eigenvalue weighted by molar-refractivity contribution is 7.99. The molecule has 3 heterocycles. The third-order valence-corrected chi connectivity index (χ3v) is 7.73. The number of nitrogens with zero attached hydrogens (tertiary/aromatic N) is 5. The van der Waals surface area contributed by atoms with Gasteiger partial charge >= 0.3 is 0 Å². The van der Waals surface area contributed by atoms with E-state index in [1.54, 1.807) is 7.11 Å². The van der Waals surface area contributed by atoms with Crippen LogP contribution in [0.2, 0.25) is 0 Å². The first-order valence-corrected chi connectivity index (χ1v) is 13.0. The minimum absolute atomic E-state index is 0.156. The van der Waals surface area contributed by atoms with Gasteiger partial charge in [0.1, 0.15) is 5.75 Å². The first kappa shape index (κ1) is 22.0. The van der Waals surface area contributed by atoms with E-state index in [0.29, 0.717) is 11.8 Å². The van der Waals surface area contributed by atoms with E-state index in [1.165, 1.54) is 11.8 Å². The summed E-state index contributed by atoms with van der Waals surface area (Å²) in [5.41, 5.74) is 3.31. The van der Waals surface area contributed by atoms with E-state index in [-0.39, 0.29) is 5.91 Å². The molecule has 6 rings (SSSR count). The number of para-hydroxylation sites is 1. The molecule has 2 aliphatic rings. The van der Waals surface area contributed by atoms with Crippen molar-refractivity contribution in [2.45, 2.75) is 24.0 Å². The molecule has 1 aliphatic heterocycles. The fourth-order valence-corrected chi connectivity index (χ4v) is 5.61. The molecule has 0 spiro atoms. The maximum absolute atomic E-state index is 13.0. The lowest BCUT2D eigenvalue weighted by Crippen LogP contribution is -2.49. The maximum atomic E-state index is 13.0. The molecular weight excluding hydrogens is 460 g/mol. The Morgan fingerprint density at radius 3 is 2.57 bits per heavy atom. The molecule has 9 heteroatoms. The SMILES string of the molecule is COc1ccc(N2CCN(C(=O)CSc3nnc(-c4c[nH]c5ccccc45)n3C3CC3)CC2)cc1. The van der Waals surface area contributed by atoms with Crippen molar-refractivity contribution in [3.8, 4) is 17.1 Å². The van der Waals surface area contributed by atoms with Crippen molar-refractivity contribution < 1.29 is 9.53 Å². The molecule has 35 heavy (non-hydrogen) atoms. The van der Waals surface area contributed by atoms with Gasteiger partial charge in [0.25, 0.3) is 0 Å². The summed E-state index contributed by atoms with van der Waals surface area (Å²) in [7, 11) is 1.67. The Kier molecular flexibility index (Phi) is 5.85. The molecule has 1 saturated heterocycles. The van der Waals surface area contributed by atoms with Crippen LogP contribution in [-0.2, 0) is 4.79 Å². The molecule has 1 N–H and O–H groups in total. The number of anilines is 1. The van der Waals surface area contributed by atoms with Gasteiger partial charge in [0.05, 0.1) is 12.9 Å². The molecule has 0 unspecified atom stereocenters. The number of aromatic nitrogens is 4. The van der Waals surface area contributed by atoms with E-state index in [1.807, 2.05) is 35.4 Å². The van der Waals surface area contributed by atoms with Gasteiger partial charge in [0, 0.05) is 60.6 Å². The Bertz CT molecular complexity index is 1340. The zero-order chi connectivity index (χ0) is 23.8. The highest BCUT2D eigenvalue weighted by Crippen LogP contribution is 2.42. The zero-order valence-corrected chi connectivity index (χ0v) is 20.5. The predicted octanol–water partition coefficient (Wildman–Crippen LogP) is 4.21. The number of fused-ring (bicyclic) bond motifs is 1. The summed E-state index contributed by atoms with van der Waals surface area (Å²) in [6.45, 7) is 3.10. The van der Waals surface area contributed by atoms with Gasteiger partial charge < -0.3 is 19.5 Å². The van der Waals surface area contributed by atoms with E-state index in [9.17, 15) is 4.79 Å². The van der Waals surface area contributed by atoms with Crippen molar-refractivity contribution in [1.29, 1.82) is 0 Å². The quantitative estimate of drug-likeness (QED) is 0.393. The van der Waals surface area contributed by atoms with Crippen LogP contribution in [0.25, 0.3) is 22.3 Å². The summed E-state index contributed by atoms with van der Waals surface area (Å²) in [5, 5.41) is 11.0. The van der Waals surface area contributed by atoms with Crippen LogP contribution in [0.5, 0.6) is 5.75 Å². The summed E-state index contributed by atoms with van der Waals surface area (Å²) >= 11 is 1.50. The number of rotatable bonds is 7. The monoisotopic (exact) mass is 488 g/mol. The summed E-state index contributed by atoms with van der Waals surface area (Å²) in [6, 6.07) is 16.8. The number of carbonyl (C=O) groups is 1. The second-order valence-electron chi connectivity index (χ2n) is 9.01. The molecule has 0 radical (unpaired) electrons. The van der Waals surface area contributed by atoms with E-state index >= 15 is 0 Å². The summed E-state index contributed by atoms with van der Waals surface area (Å²) in [4.78, 5) is 20.6. The smallest absolute Gasteiger partial charge is 0.233 e. The van der Waals surface area contributed by atoms with E-state index in [0.717, 1.165) is 77.9 Å². The minimum Gasteiger partial charge on any atom is -0.497 e. The average molecular weight is 489 g/mol. The third-order valence-electron chi connectivity index (χ3n) is 6.80. The van der Waals surface area contributed by atoms with E-state index < -0.39 is 0 Å². The zero-order valence-electron chi connectivity index (χ0n) is 19.7. The van der Waals surface area contributed by atoms with E-state index in [4.69, 9.17) is 4.74 Å². The van der Waals surface area contributed by atoms with Gasteiger partial charge in [-0.2, -0.15) is 0 Å². The number of carbonyl (C=O) groups excluding carboxylic acids is 1. The van der Waals surface area contributed by atoms with Crippen molar-refractivity contribution in [3.05, 3.63) is 54.7 Å². The second kappa shape index (κ2) is 9.30. The number of aromatic amines is 1. The van der Waals surface area contributed by atoms with Crippen LogP contribution in [0.3, 0.4) is 0 Å². The highest BCUT2D eigenvalue weighted by atomic mass is 32.2. The molecular formula is C26H28N6O2S. The second-order valence-corrected chi connectivity index (χ2v) is 9.95. The fourth-order valence-electron chi connectivity index (χ4n) is 4.70. The van der Waals surface area contributed by atoms with Gasteiger partial charge in [0.2, 0.25) is 5.91 Å². The lowest BCUT2D eigenvalue weighted by Gasteiger charge is -2.36. The number of benzene rings is 2. The molecule has 180 valence electrons. The number of nitrogens with one attached hydrogen (secondary N) is 1. The number of hydrogen-bond acceptors (Lipinski definition) is 6. The Morgan fingerprint density at radius 1 is 1.06 bits per heavy atom. The number of hydrogen-bond donors (Lipinski definition) is 1. The molecule has 0 bridgehead atoms. The Labute approximate surface area is 208 Å². The van der Waals surface area contributed by atoms with Gasteiger partial charge in [-0.15, -0.1) is 10.2 Å². The number of H-pyrrole nitrogens is 1. The summed E-state index contributed by atoms with van der Waals surface area (Å²) < 4.78 is 7.48. The molecule has 2 fully saturated rings. The molecule has 2 aromatic heterocycles. The molecule has 1 aliphatic carbocycles. The highest BCUT2D eigenvalue weighted by Gasteiger charge is 2.31. The molecule has 4 aromatic rings. The van der Waals surface area contributed by atoms with Gasteiger partial charge in [-0.3, -0.25) is 9.36 Å². The number of methoxy groups -OCH3 is 1. The number of piperazine rings is 1. The molecule has 8 nitrogen and oxygen atoms in total. The minimum atomic E-state index is 0.156. The molecule has 1 saturated carbocycles. The Balaban J connectivity index is 1.11. The van der Waals surface area contributed by atoms with Crippen LogP contribution in [0.1, 0.15) is 18.9 Å². The van der Waals surface area contributed by atoms with Crippen LogP contribution in [0.4, 0.5) is 5.69 Å². The average Bonchev–Trinajstić information content (AvgIpc) is 3.52. The van der Waals surface area contributed by atoms with Crippen LogP contribution in [0, 0.1) is 0 Å². The lowest BCUT2D eigenvalue weighted by atomic mass is 10.1. The van der Waals surface area contributed by atoms with Crippen LogP contribution in [-0.4, -0.2) is 69.6 Å². The third kappa shape index (κ3) is 4.36. The number of ether oxygens (including phenoxy) is 1. The van der Waals surface area contributed by atoms with Crippen molar-refractivity contribution in [3.63, 3.8) is 0 Å². The van der Waals surface area contributed by atoms with Crippen molar-refractivity contribution in [2.24, 2.45) is 0 Å². The van der Waals surface area contributed by atoms with Gasteiger partial charge in [0.15, 0.2) is 11.0 Å². The van der Waals surface area contributed by atoms with Gasteiger partial charge in [-0.25, -0.2) is 0 Å². The van der Waals surface area contributed by atoms with Crippen molar-refractivity contribution in [1.82, 2.24) is 24.6 Å². The topological polar surface area (TPSA) is 79.3 Å². The predicted molar refractivity (Wildman–Crippen MR) is 138 cm³/mol. The van der Waals surface area contributed by atoms with E-state index in [2.05, 4.69) is 48.9 Å². The Morgan fingerprint density at radius 2 is 1.83 bits per heavy atom. The first-order chi connectivity index (χ1) is 17.2. The van der Waals surface area contributed by atoms with Gasteiger partial charge in [-0.05, 0) is 43.2 Å². The molecule has 2 aromatic carbocycles.